The van der Waals surface area contributed by atoms with E-state index >= 15 is 0 Å². The quantitative estimate of drug-likeness (QED) is 0.863. The maximum Gasteiger partial charge on any atom is 0.335 e. The van der Waals surface area contributed by atoms with Crippen molar-refractivity contribution in [3.05, 3.63) is 47.3 Å². The molecule has 5 nitrogen and oxygen atoms in total. The van der Waals surface area contributed by atoms with Gasteiger partial charge >= 0.3 is 5.97 Å². The van der Waals surface area contributed by atoms with Gasteiger partial charge < -0.3 is 14.6 Å². The van der Waals surface area contributed by atoms with Gasteiger partial charge in [0.2, 0.25) is 0 Å². The summed E-state index contributed by atoms with van der Waals surface area (Å²) in [5.41, 5.74) is 4.38. The lowest BCUT2D eigenvalue weighted by atomic mass is 9.82. The number of benzene rings is 1. The van der Waals surface area contributed by atoms with E-state index in [0.29, 0.717) is 12.0 Å². The number of H-pyrrole nitrogens is 1. The van der Waals surface area contributed by atoms with Crippen LogP contribution in [0.1, 0.15) is 30.1 Å². The molecule has 0 unspecified atom stereocenters. The number of hydrogen-bond donors (Lipinski definition) is 1. The first-order valence-corrected chi connectivity index (χ1v) is 8.25. The summed E-state index contributed by atoms with van der Waals surface area (Å²) >= 11 is 0. The zero-order valence-corrected chi connectivity index (χ0v) is 13.6. The molecule has 122 valence electrons. The van der Waals surface area contributed by atoms with Gasteiger partial charge in [-0.05, 0) is 24.5 Å². The highest BCUT2D eigenvalue weighted by Crippen LogP contribution is 2.43. The van der Waals surface area contributed by atoms with E-state index in [0.717, 1.165) is 24.9 Å². The third-order valence-corrected chi connectivity index (χ3v) is 5.21. The molecule has 0 bridgehead atoms. The number of rotatable bonds is 2. The van der Waals surface area contributed by atoms with E-state index in [9.17, 15) is 4.79 Å². The molecule has 2 atom stereocenters. The largest absolute Gasteiger partial charge is 0.466 e. The number of nitrogens with zero attached hydrogens (tertiary/aromatic N) is 2. The van der Waals surface area contributed by atoms with Crippen molar-refractivity contribution >= 4 is 16.9 Å². The van der Waals surface area contributed by atoms with Crippen molar-refractivity contribution in [3.63, 3.8) is 0 Å². The summed E-state index contributed by atoms with van der Waals surface area (Å²) in [6, 6.07) is 10.8. The fourth-order valence-electron chi connectivity index (χ4n) is 4.07. The van der Waals surface area contributed by atoms with E-state index in [2.05, 4.69) is 34.2 Å². The molecule has 1 aromatic heterocycles. The van der Waals surface area contributed by atoms with Crippen molar-refractivity contribution in [2.24, 2.45) is 5.92 Å². The molecule has 0 amide bonds. The molecular weight excluding hydrogens is 302 g/mol. The Morgan fingerprint density at radius 1 is 1.46 bits per heavy atom. The summed E-state index contributed by atoms with van der Waals surface area (Å²) in [5.74, 6) is -0.405. The molecule has 1 N–H and O–H groups in total. The number of aromatic nitrogens is 1. The number of fused-ring (bicyclic) bond motifs is 5. The third kappa shape index (κ3) is 2.18. The third-order valence-electron chi connectivity index (χ3n) is 5.21. The Labute approximate surface area is 140 Å². The minimum Gasteiger partial charge on any atom is -0.466 e. The predicted molar refractivity (Wildman–Crippen MR) is 89.9 cm³/mol. The summed E-state index contributed by atoms with van der Waals surface area (Å²) in [6.07, 6.45) is 3.95. The molecule has 1 aromatic carbocycles. The van der Waals surface area contributed by atoms with Gasteiger partial charge in [-0.1, -0.05) is 18.2 Å². The van der Waals surface area contributed by atoms with Crippen LogP contribution in [0.15, 0.2) is 36.0 Å². The van der Waals surface area contributed by atoms with E-state index in [4.69, 9.17) is 10.00 Å². The number of ether oxygens (including phenoxy) is 1. The average molecular weight is 321 g/mol. The Morgan fingerprint density at radius 3 is 3.08 bits per heavy atom. The van der Waals surface area contributed by atoms with Crippen LogP contribution in [-0.2, 0) is 16.0 Å². The standard InChI is InChI=1S/C19H19N3O2/c1-24-19(23)15-11-22-9-7-14-13-4-2-3-5-16(13)21-18(14)17(22)10-12(15)6-8-20/h2-5,11-12,17,21H,6-7,9-10H2,1H3/t12-,17-/m0/s1. The van der Waals surface area contributed by atoms with E-state index in [1.54, 1.807) is 0 Å². The summed E-state index contributed by atoms with van der Waals surface area (Å²) < 4.78 is 4.91. The maximum atomic E-state index is 12.1. The van der Waals surface area contributed by atoms with Crippen LogP contribution < -0.4 is 0 Å². The number of esters is 1. The van der Waals surface area contributed by atoms with Crippen LogP contribution in [-0.4, -0.2) is 29.5 Å². The molecule has 0 spiro atoms. The fourth-order valence-corrected chi connectivity index (χ4v) is 4.07. The molecule has 3 heterocycles. The van der Waals surface area contributed by atoms with Crippen molar-refractivity contribution in [2.75, 3.05) is 13.7 Å². The number of nitrogens with one attached hydrogen (secondary N) is 1. The zero-order chi connectivity index (χ0) is 16.7. The lowest BCUT2D eigenvalue weighted by Gasteiger charge is -2.41. The predicted octanol–water partition coefficient (Wildman–Crippen LogP) is 3.06. The first-order chi connectivity index (χ1) is 11.7. The Kier molecular flexibility index (Phi) is 3.53. The van der Waals surface area contributed by atoms with Crippen LogP contribution in [0.5, 0.6) is 0 Å². The van der Waals surface area contributed by atoms with Crippen LogP contribution >= 0.6 is 0 Å². The molecule has 0 aliphatic carbocycles. The van der Waals surface area contributed by atoms with Crippen LogP contribution in [0.2, 0.25) is 0 Å². The van der Waals surface area contributed by atoms with Crippen molar-refractivity contribution in [3.8, 4) is 6.07 Å². The van der Waals surface area contributed by atoms with Gasteiger partial charge in [-0.25, -0.2) is 4.79 Å². The second kappa shape index (κ2) is 5.72. The first-order valence-electron chi connectivity index (χ1n) is 8.25. The van der Waals surface area contributed by atoms with E-state index in [1.165, 1.54) is 23.8 Å². The van der Waals surface area contributed by atoms with Gasteiger partial charge in [-0.15, -0.1) is 0 Å². The molecule has 24 heavy (non-hydrogen) atoms. The fraction of sp³-hybridized carbons (Fsp3) is 0.368. The van der Waals surface area contributed by atoms with Crippen LogP contribution in [0.4, 0.5) is 0 Å². The van der Waals surface area contributed by atoms with Gasteiger partial charge in [-0.3, -0.25) is 0 Å². The molecule has 0 saturated heterocycles. The molecule has 2 aromatic rings. The first kappa shape index (κ1) is 14.8. The van der Waals surface area contributed by atoms with Crippen molar-refractivity contribution in [1.29, 1.82) is 5.26 Å². The monoisotopic (exact) mass is 321 g/mol. The Balaban J connectivity index is 1.78. The number of methoxy groups -OCH3 is 1. The lowest BCUT2D eigenvalue weighted by Crippen LogP contribution is -2.38. The van der Waals surface area contributed by atoms with Gasteiger partial charge in [0.15, 0.2) is 0 Å². The topological polar surface area (TPSA) is 69.1 Å². The SMILES string of the molecule is COC(=O)C1=CN2CCc3c([nH]c4ccccc34)[C@@H]2C[C@@H]1CC#N. The van der Waals surface area contributed by atoms with E-state index in [-0.39, 0.29) is 17.9 Å². The highest BCUT2D eigenvalue weighted by atomic mass is 16.5. The van der Waals surface area contributed by atoms with Crippen molar-refractivity contribution in [2.45, 2.75) is 25.3 Å². The highest BCUT2D eigenvalue weighted by molar-refractivity contribution is 5.89. The van der Waals surface area contributed by atoms with Gasteiger partial charge in [0, 0.05) is 41.7 Å². The van der Waals surface area contributed by atoms with E-state index in [1.807, 2.05) is 12.3 Å². The molecule has 0 saturated carbocycles. The molecule has 2 aliphatic heterocycles. The second-order valence-electron chi connectivity index (χ2n) is 6.44. The van der Waals surface area contributed by atoms with Crippen LogP contribution in [0.3, 0.4) is 0 Å². The minimum absolute atomic E-state index is 0.0823. The van der Waals surface area contributed by atoms with E-state index < -0.39 is 0 Å². The summed E-state index contributed by atoms with van der Waals surface area (Å²) in [5, 5.41) is 10.4. The molecule has 4 rings (SSSR count). The van der Waals surface area contributed by atoms with Crippen LogP contribution in [0, 0.1) is 17.2 Å². The molecular formula is C19H19N3O2. The Bertz CT molecular complexity index is 874. The minimum atomic E-state index is -0.323. The number of aromatic amines is 1. The van der Waals surface area contributed by atoms with Crippen molar-refractivity contribution < 1.29 is 9.53 Å². The van der Waals surface area contributed by atoms with Gasteiger partial charge in [0.1, 0.15) is 0 Å². The number of para-hydroxylation sites is 1. The zero-order valence-electron chi connectivity index (χ0n) is 13.6. The smallest absolute Gasteiger partial charge is 0.335 e. The summed E-state index contributed by atoms with van der Waals surface area (Å²) in [7, 11) is 1.39. The maximum absolute atomic E-state index is 12.1. The molecule has 0 radical (unpaired) electrons. The Morgan fingerprint density at radius 2 is 2.29 bits per heavy atom. The lowest BCUT2D eigenvalue weighted by molar-refractivity contribution is -0.137. The van der Waals surface area contributed by atoms with Gasteiger partial charge in [0.25, 0.3) is 0 Å². The summed E-state index contributed by atoms with van der Waals surface area (Å²) in [6.45, 7) is 0.874. The average Bonchev–Trinajstić information content (AvgIpc) is 3.00. The molecule has 2 aliphatic rings. The number of carbonyl (C=O) groups excluding carboxylic acids is 1. The highest BCUT2D eigenvalue weighted by Gasteiger charge is 2.37. The Hall–Kier alpha value is -2.74. The second-order valence-corrected chi connectivity index (χ2v) is 6.44. The van der Waals surface area contributed by atoms with Crippen molar-refractivity contribution in [1.82, 2.24) is 9.88 Å². The number of hydrogen-bond acceptors (Lipinski definition) is 4. The summed E-state index contributed by atoms with van der Waals surface area (Å²) in [4.78, 5) is 17.9. The number of nitriles is 1. The van der Waals surface area contributed by atoms with Gasteiger partial charge in [-0.2, -0.15) is 5.26 Å². The number of carbonyl (C=O) groups is 1. The molecule has 5 heteroatoms. The normalized spacial score (nSPS) is 22.3. The van der Waals surface area contributed by atoms with Gasteiger partial charge in [0.05, 0.1) is 24.8 Å². The molecule has 0 fully saturated rings. The van der Waals surface area contributed by atoms with Crippen LogP contribution in [0.25, 0.3) is 10.9 Å².